The van der Waals surface area contributed by atoms with Crippen LogP contribution in [0.1, 0.15) is 43.3 Å². The van der Waals surface area contributed by atoms with E-state index < -0.39 is 0 Å². The Balaban J connectivity index is 2.03. The number of aliphatic hydroxyl groups is 1. The quantitative estimate of drug-likeness (QED) is 0.819. The van der Waals surface area contributed by atoms with E-state index in [-0.39, 0.29) is 12.2 Å². The molecule has 2 N–H and O–H groups in total. The van der Waals surface area contributed by atoms with Crippen molar-refractivity contribution in [1.82, 2.24) is 15.1 Å². The molecule has 5 nitrogen and oxygen atoms in total. The van der Waals surface area contributed by atoms with Gasteiger partial charge in [0.1, 0.15) is 11.4 Å². The number of ether oxygens (including phenoxy) is 1. The number of nitrogens with zero attached hydrogens (tertiary/aromatic N) is 2. The molecule has 0 bridgehead atoms. The summed E-state index contributed by atoms with van der Waals surface area (Å²) in [4.78, 5) is 0. The van der Waals surface area contributed by atoms with Crippen molar-refractivity contribution in [3.05, 3.63) is 46.8 Å². The van der Waals surface area contributed by atoms with Gasteiger partial charge < -0.3 is 15.2 Å². The molecule has 0 saturated carbocycles. The normalized spacial score (nSPS) is 11.8. The maximum Gasteiger partial charge on any atom is 0.124 e. The first-order valence-electron chi connectivity index (χ1n) is 8.43. The van der Waals surface area contributed by atoms with Crippen LogP contribution in [0.2, 0.25) is 0 Å². The van der Waals surface area contributed by atoms with Crippen LogP contribution in [-0.4, -0.2) is 27.1 Å². The fourth-order valence-electron chi connectivity index (χ4n) is 2.70. The second-order valence-corrected chi connectivity index (χ2v) is 7.02. The first kappa shape index (κ1) is 18.5. The number of nitrogens with one attached hydrogen (secondary N) is 1. The molecule has 0 unspecified atom stereocenters. The molecule has 5 heteroatoms. The molecule has 0 aliphatic heterocycles. The van der Waals surface area contributed by atoms with Crippen LogP contribution in [0.25, 0.3) is 0 Å². The minimum atomic E-state index is -0.214. The van der Waals surface area contributed by atoms with Crippen molar-refractivity contribution in [2.24, 2.45) is 0 Å². The Hall–Kier alpha value is -1.85. The zero-order valence-corrected chi connectivity index (χ0v) is 15.4. The van der Waals surface area contributed by atoms with Crippen molar-refractivity contribution < 1.29 is 9.84 Å². The minimum absolute atomic E-state index is 0.104. The van der Waals surface area contributed by atoms with Gasteiger partial charge >= 0.3 is 0 Å². The summed E-state index contributed by atoms with van der Waals surface area (Å²) >= 11 is 0. The number of hydrogen-bond donors (Lipinski definition) is 2. The summed E-state index contributed by atoms with van der Waals surface area (Å²) in [6.45, 7) is 12.3. The number of aromatic nitrogens is 2. The first-order valence-corrected chi connectivity index (χ1v) is 8.43. The molecule has 0 aliphatic carbocycles. The molecular weight excluding hydrogens is 302 g/mol. The molecule has 2 rings (SSSR count). The summed E-state index contributed by atoms with van der Waals surface area (Å²) in [5.74, 6) is 0.918. The molecule has 0 fully saturated rings. The fraction of sp³-hybridized carbons (Fsp3) is 0.526. The van der Waals surface area contributed by atoms with Gasteiger partial charge in [-0.1, -0.05) is 18.2 Å². The van der Waals surface area contributed by atoms with Gasteiger partial charge in [0.15, 0.2) is 0 Å². The van der Waals surface area contributed by atoms with Crippen LogP contribution >= 0.6 is 0 Å². The maximum absolute atomic E-state index is 9.10. The second-order valence-electron chi connectivity index (χ2n) is 7.02. The molecular formula is C19H29N3O2. The Labute approximate surface area is 144 Å². The van der Waals surface area contributed by atoms with Crippen molar-refractivity contribution >= 4 is 0 Å². The third-order valence-corrected chi connectivity index (χ3v) is 3.85. The van der Waals surface area contributed by atoms with Gasteiger partial charge in [0.25, 0.3) is 0 Å². The molecule has 0 spiro atoms. The molecule has 0 radical (unpaired) electrons. The van der Waals surface area contributed by atoms with E-state index in [1.165, 1.54) is 5.56 Å². The molecule has 0 aliphatic rings. The number of rotatable bonds is 7. The third-order valence-electron chi connectivity index (χ3n) is 3.85. The van der Waals surface area contributed by atoms with Crippen molar-refractivity contribution in [3.63, 3.8) is 0 Å². The largest absolute Gasteiger partial charge is 0.488 e. The Morgan fingerprint density at radius 2 is 1.88 bits per heavy atom. The first-order chi connectivity index (χ1) is 11.3. The fourth-order valence-corrected chi connectivity index (χ4v) is 2.70. The van der Waals surface area contributed by atoms with E-state index in [1.807, 2.05) is 36.7 Å². The zero-order valence-electron chi connectivity index (χ0n) is 15.4. The summed E-state index contributed by atoms with van der Waals surface area (Å²) in [6.07, 6.45) is 0. The Morgan fingerprint density at radius 1 is 1.17 bits per heavy atom. The Bertz CT molecular complexity index is 672. The number of para-hydroxylation sites is 1. The Kier molecular flexibility index (Phi) is 6.02. The number of benzene rings is 1. The van der Waals surface area contributed by atoms with Crippen molar-refractivity contribution in [2.75, 3.05) is 6.61 Å². The van der Waals surface area contributed by atoms with Crippen LogP contribution in [0.15, 0.2) is 24.3 Å². The average Bonchev–Trinajstić information content (AvgIpc) is 2.75. The lowest BCUT2D eigenvalue weighted by Crippen LogP contribution is -2.24. The summed E-state index contributed by atoms with van der Waals surface area (Å²) < 4.78 is 7.90. The maximum atomic E-state index is 9.10. The molecule has 1 aromatic heterocycles. The molecule has 24 heavy (non-hydrogen) atoms. The van der Waals surface area contributed by atoms with Gasteiger partial charge in [0.2, 0.25) is 0 Å². The van der Waals surface area contributed by atoms with E-state index in [0.29, 0.717) is 6.54 Å². The van der Waals surface area contributed by atoms with Gasteiger partial charge in [-0.15, -0.1) is 0 Å². The summed E-state index contributed by atoms with van der Waals surface area (Å²) in [6, 6.07) is 8.13. The van der Waals surface area contributed by atoms with Crippen molar-refractivity contribution in [1.29, 1.82) is 0 Å². The van der Waals surface area contributed by atoms with E-state index in [4.69, 9.17) is 9.84 Å². The van der Waals surface area contributed by atoms with E-state index in [1.54, 1.807) is 0 Å². The highest BCUT2D eigenvalue weighted by Crippen LogP contribution is 2.23. The lowest BCUT2D eigenvalue weighted by molar-refractivity contribution is 0.129. The van der Waals surface area contributed by atoms with Gasteiger partial charge in [-0.05, 0) is 40.7 Å². The standard InChI is InChI=1S/C19H29N3O2/c1-14-17(15(2)22(21-14)10-11-23)13-20-12-16-8-6-7-9-18(16)24-19(3,4)5/h6-9,20,23H,10-13H2,1-5H3. The number of aryl methyl sites for hydroxylation is 1. The summed E-state index contributed by atoms with van der Waals surface area (Å²) in [7, 11) is 0. The monoisotopic (exact) mass is 331 g/mol. The third kappa shape index (κ3) is 4.82. The zero-order chi connectivity index (χ0) is 17.7. The lowest BCUT2D eigenvalue weighted by Gasteiger charge is -2.23. The number of aliphatic hydroxyl groups excluding tert-OH is 1. The van der Waals surface area contributed by atoms with Crippen LogP contribution in [0.4, 0.5) is 0 Å². The van der Waals surface area contributed by atoms with E-state index >= 15 is 0 Å². The smallest absolute Gasteiger partial charge is 0.124 e. The van der Waals surface area contributed by atoms with Crippen LogP contribution in [0, 0.1) is 13.8 Å². The summed E-state index contributed by atoms with van der Waals surface area (Å²) in [5, 5.41) is 17.1. The van der Waals surface area contributed by atoms with Gasteiger partial charge in [0, 0.05) is 29.9 Å². The van der Waals surface area contributed by atoms with E-state index in [0.717, 1.165) is 35.8 Å². The predicted molar refractivity (Wildman–Crippen MR) is 96.2 cm³/mol. The highest BCUT2D eigenvalue weighted by molar-refractivity contribution is 5.34. The predicted octanol–water partition coefficient (Wildman–Crippen LogP) is 2.96. The van der Waals surface area contributed by atoms with Crippen LogP contribution in [0.3, 0.4) is 0 Å². The molecule has 132 valence electrons. The summed E-state index contributed by atoms with van der Waals surface area (Å²) in [5.41, 5.74) is 4.23. The molecule has 1 heterocycles. The van der Waals surface area contributed by atoms with Crippen molar-refractivity contribution in [3.8, 4) is 5.75 Å². The van der Waals surface area contributed by atoms with E-state index in [2.05, 4.69) is 37.3 Å². The molecule has 0 saturated heterocycles. The van der Waals surface area contributed by atoms with Gasteiger partial charge in [-0.2, -0.15) is 5.10 Å². The highest BCUT2D eigenvalue weighted by atomic mass is 16.5. The lowest BCUT2D eigenvalue weighted by atomic mass is 10.1. The number of hydrogen-bond acceptors (Lipinski definition) is 4. The molecule has 1 aromatic carbocycles. The van der Waals surface area contributed by atoms with Crippen molar-refractivity contribution in [2.45, 2.75) is 59.9 Å². The highest BCUT2D eigenvalue weighted by Gasteiger charge is 2.15. The van der Waals surface area contributed by atoms with Gasteiger partial charge in [-0.25, -0.2) is 0 Å². The van der Waals surface area contributed by atoms with E-state index in [9.17, 15) is 0 Å². The Morgan fingerprint density at radius 3 is 2.54 bits per heavy atom. The topological polar surface area (TPSA) is 59.3 Å². The van der Waals surface area contributed by atoms with Gasteiger partial charge in [0.05, 0.1) is 18.8 Å². The minimum Gasteiger partial charge on any atom is -0.488 e. The molecule has 2 aromatic rings. The average molecular weight is 331 g/mol. The van der Waals surface area contributed by atoms with Crippen LogP contribution in [-0.2, 0) is 19.6 Å². The van der Waals surface area contributed by atoms with Crippen LogP contribution < -0.4 is 10.1 Å². The molecule has 0 atom stereocenters. The van der Waals surface area contributed by atoms with Crippen LogP contribution in [0.5, 0.6) is 5.75 Å². The SMILES string of the molecule is Cc1nn(CCO)c(C)c1CNCc1ccccc1OC(C)(C)C. The molecule has 0 amide bonds. The van der Waals surface area contributed by atoms with Gasteiger partial charge in [-0.3, -0.25) is 4.68 Å². The second kappa shape index (κ2) is 7.81.